The zero-order chi connectivity index (χ0) is 24.7. The van der Waals surface area contributed by atoms with Crippen LogP contribution in [0.2, 0.25) is 0 Å². The molecule has 0 spiro atoms. The molecule has 35 heavy (non-hydrogen) atoms. The summed E-state index contributed by atoms with van der Waals surface area (Å²) in [4.78, 5) is 26.9. The Morgan fingerprint density at radius 1 is 1.11 bits per heavy atom. The highest BCUT2D eigenvalue weighted by Crippen LogP contribution is 2.37. The Morgan fingerprint density at radius 2 is 1.83 bits per heavy atom. The molecule has 2 aliphatic heterocycles. The van der Waals surface area contributed by atoms with Crippen LogP contribution in [-0.2, 0) is 16.9 Å². The van der Waals surface area contributed by atoms with Gasteiger partial charge in [-0.3, -0.25) is 4.79 Å². The minimum atomic E-state index is -1.49. The maximum Gasteiger partial charge on any atom is 0.319 e. The Hall–Kier alpha value is -3.44. The molecule has 2 heterocycles. The highest BCUT2D eigenvalue weighted by molar-refractivity contribution is 5.89. The van der Waals surface area contributed by atoms with Crippen molar-refractivity contribution in [3.05, 3.63) is 65.2 Å². The van der Waals surface area contributed by atoms with E-state index in [0.717, 1.165) is 31.5 Å². The molecule has 0 radical (unpaired) electrons. The van der Waals surface area contributed by atoms with Crippen LogP contribution in [0.1, 0.15) is 42.4 Å². The fourth-order valence-corrected chi connectivity index (χ4v) is 4.79. The van der Waals surface area contributed by atoms with Crippen molar-refractivity contribution in [3.8, 4) is 6.07 Å². The molecule has 2 fully saturated rings. The van der Waals surface area contributed by atoms with E-state index in [4.69, 9.17) is 5.26 Å². The number of amides is 3. The second kappa shape index (κ2) is 11.3. The largest absolute Gasteiger partial charge is 0.342 e. The number of nitriles is 1. The summed E-state index contributed by atoms with van der Waals surface area (Å²) in [5.41, 5.74) is 1.01. The van der Waals surface area contributed by atoms with Crippen LogP contribution >= 0.6 is 0 Å². The van der Waals surface area contributed by atoms with E-state index in [1.165, 1.54) is 0 Å². The quantitative estimate of drug-likeness (QED) is 0.591. The molecule has 0 bridgehead atoms. The maximum atomic E-state index is 15.5. The van der Waals surface area contributed by atoms with E-state index in [0.29, 0.717) is 42.4 Å². The molecule has 0 unspecified atom stereocenters. The van der Waals surface area contributed by atoms with Crippen molar-refractivity contribution in [1.82, 2.24) is 15.5 Å². The average molecular weight is 478 g/mol. The number of likely N-dealkylation sites (tertiary alicyclic amines) is 1. The van der Waals surface area contributed by atoms with Crippen molar-refractivity contribution in [2.24, 2.45) is 5.92 Å². The van der Waals surface area contributed by atoms with Crippen molar-refractivity contribution in [3.63, 3.8) is 0 Å². The number of alkyl halides is 1. The lowest BCUT2D eigenvalue weighted by molar-refractivity contribution is -0.133. The first kappa shape index (κ1) is 24.7. The number of nitrogens with one attached hydrogen (secondary N) is 3. The van der Waals surface area contributed by atoms with Crippen LogP contribution in [0.3, 0.4) is 0 Å². The number of carbonyl (C=O) groups excluding carboxylic acids is 2. The zero-order valence-corrected chi connectivity index (χ0v) is 19.9. The summed E-state index contributed by atoms with van der Waals surface area (Å²) in [7, 11) is 0. The molecular weight excluding hydrogens is 445 g/mol. The predicted octanol–water partition coefficient (Wildman–Crippen LogP) is 3.71. The van der Waals surface area contributed by atoms with Crippen LogP contribution < -0.4 is 16.0 Å². The highest BCUT2D eigenvalue weighted by Gasteiger charge is 2.37. The molecule has 2 aromatic rings. The molecule has 2 aliphatic rings. The number of benzene rings is 2. The van der Waals surface area contributed by atoms with Crippen LogP contribution in [0, 0.1) is 17.2 Å². The summed E-state index contributed by atoms with van der Waals surface area (Å²) in [5, 5.41) is 18.0. The lowest BCUT2D eigenvalue weighted by Gasteiger charge is -2.36. The molecule has 2 aromatic carbocycles. The van der Waals surface area contributed by atoms with Gasteiger partial charge in [-0.25, -0.2) is 9.18 Å². The third kappa shape index (κ3) is 6.58. The standard InChI is InChI=1S/C27H32FN5O2/c28-27(23-6-4-20(18-29)5-7-23)10-14-33(15-11-27)25(34)17-22-2-1-3-24(16-22)32-26(35)31-19-21-8-12-30-13-9-21/h1-7,16,21,30H,8-15,17,19H2,(H2,31,32,35). The Balaban J connectivity index is 1.26. The van der Waals surface area contributed by atoms with Crippen LogP contribution in [0.15, 0.2) is 48.5 Å². The van der Waals surface area contributed by atoms with Gasteiger partial charge in [0.25, 0.3) is 0 Å². The molecule has 2 saturated heterocycles. The summed E-state index contributed by atoms with van der Waals surface area (Å²) in [5.74, 6) is 0.440. The number of halogens is 1. The second-order valence-corrected chi connectivity index (χ2v) is 9.44. The van der Waals surface area contributed by atoms with Crippen LogP contribution in [0.25, 0.3) is 0 Å². The van der Waals surface area contributed by atoms with E-state index in [1.807, 2.05) is 24.3 Å². The molecule has 0 aliphatic carbocycles. The number of hydrogen-bond donors (Lipinski definition) is 3. The number of piperidine rings is 2. The van der Waals surface area contributed by atoms with Crippen molar-refractivity contribution in [1.29, 1.82) is 5.26 Å². The number of hydrogen-bond acceptors (Lipinski definition) is 4. The number of nitrogens with zero attached hydrogens (tertiary/aromatic N) is 2. The molecule has 3 amide bonds. The highest BCUT2D eigenvalue weighted by atomic mass is 19.1. The van der Waals surface area contributed by atoms with Gasteiger partial charge in [0, 0.05) is 38.2 Å². The smallest absolute Gasteiger partial charge is 0.319 e. The zero-order valence-electron chi connectivity index (χ0n) is 19.9. The SMILES string of the molecule is N#Cc1ccc(C2(F)CCN(C(=O)Cc3cccc(NC(=O)NCC4CCNCC4)c3)CC2)cc1. The van der Waals surface area contributed by atoms with Crippen molar-refractivity contribution < 1.29 is 14.0 Å². The lowest BCUT2D eigenvalue weighted by Crippen LogP contribution is -2.44. The summed E-state index contributed by atoms with van der Waals surface area (Å²) in [6.45, 7) is 3.31. The van der Waals surface area contributed by atoms with Gasteiger partial charge in [0.1, 0.15) is 5.67 Å². The third-order valence-electron chi connectivity index (χ3n) is 6.99. The summed E-state index contributed by atoms with van der Waals surface area (Å²) in [6.07, 6.45) is 2.77. The van der Waals surface area contributed by atoms with Gasteiger partial charge in [0.15, 0.2) is 0 Å². The number of carbonyl (C=O) groups is 2. The Bertz CT molecular complexity index is 1070. The molecule has 8 heteroatoms. The number of urea groups is 1. The summed E-state index contributed by atoms with van der Waals surface area (Å²) < 4.78 is 15.5. The minimum absolute atomic E-state index is 0.0561. The number of anilines is 1. The van der Waals surface area contributed by atoms with E-state index < -0.39 is 5.67 Å². The van der Waals surface area contributed by atoms with E-state index in [9.17, 15) is 9.59 Å². The van der Waals surface area contributed by atoms with Gasteiger partial charge in [-0.15, -0.1) is 0 Å². The fourth-order valence-electron chi connectivity index (χ4n) is 4.79. The Morgan fingerprint density at radius 3 is 2.51 bits per heavy atom. The molecule has 0 atom stereocenters. The first-order chi connectivity index (χ1) is 16.9. The van der Waals surface area contributed by atoms with E-state index in [2.05, 4.69) is 16.0 Å². The predicted molar refractivity (Wildman–Crippen MR) is 133 cm³/mol. The molecule has 3 N–H and O–H groups in total. The maximum absolute atomic E-state index is 15.5. The average Bonchev–Trinajstić information content (AvgIpc) is 2.89. The molecule has 0 saturated carbocycles. The molecule has 184 valence electrons. The minimum Gasteiger partial charge on any atom is -0.342 e. The molecular formula is C27H32FN5O2. The van der Waals surface area contributed by atoms with Gasteiger partial charge in [0.05, 0.1) is 18.1 Å². The van der Waals surface area contributed by atoms with Crippen LogP contribution in [0.5, 0.6) is 0 Å². The molecule has 7 nitrogen and oxygen atoms in total. The fraction of sp³-hybridized carbons (Fsp3) is 0.444. The second-order valence-electron chi connectivity index (χ2n) is 9.44. The van der Waals surface area contributed by atoms with E-state index in [-0.39, 0.29) is 31.2 Å². The van der Waals surface area contributed by atoms with Gasteiger partial charge in [-0.05, 0) is 67.2 Å². The van der Waals surface area contributed by atoms with E-state index in [1.54, 1.807) is 35.2 Å². The first-order valence-corrected chi connectivity index (χ1v) is 12.3. The van der Waals surface area contributed by atoms with Gasteiger partial charge in [-0.1, -0.05) is 24.3 Å². The van der Waals surface area contributed by atoms with Crippen molar-refractivity contribution in [2.45, 2.75) is 37.8 Å². The first-order valence-electron chi connectivity index (χ1n) is 12.3. The van der Waals surface area contributed by atoms with Gasteiger partial charge >= 0.3 is 6.03 Å². The van der Waals surface area contributed by atoms with Crippen molar-refractivity contribution >= 4 is 17.6 Å². The third-order valence-corrected chi connectivity index (χ3v) is 6.99. The number of rotatable bonds is 6. The van der Waals surface area contributed by atoms with Crippen LogP contribution in [0.4, 0.5) is 14.9 Å². The van der Waals surface area contributed by atoms with Gasteiger partial charge < -0.3 is 20.9 Å². The summed E-state index contributed by atoms with van der Waals surface area (Å²) >= 11 is 0. The Kier molecular flexibility index (Phi) is 7.98. The van der Waals surface area contributed by atoms with Crippen LogP contribution in [-0.4, -0.2) is 49.6 Å². The Labute approximate surface area is 205 Å². The normalized spacial score (nSPS) is 17.9. The topological polar surface area (TPSA) is 97.3 Å². The summed E-state index contributed by atoms with van der Waals surface area (Å²) in [6, 6.07) is 15.7. The van der Waals surface area contributed by atoms with Gasteiger partial charge in [0.2, 0.25) is 5.91 Å². The van der Waals surface area contributed by atoms with E-state index >= 15 is 4.39 Å². The van der Waals surface area contributed by atoms with Gasteiger partial charge in [-0.2, -0.15) is 5.26 Å². The monoisotopic (exact) mass is 477 g/mol. The lowest BCUT2D eigenvalue weighted by atomic mass is 9.85. The molecule has 4 rings (SSSR count). The molecule has 0 aromatic heterocycles. The van der Waals surface area contributed by atoms with Crippen molar-refractivity contribution in [2.75, 3.05) is 38.0 Å².